The average Bonchev–Trinajstić information content (AvgIpc) is 3.30. The summed E-state index contributed by atoms with van der Waals surface area (Å²) in [6.07, 6.45) is 3.57. The predicted molar refractivity (Wildman–Crippen MR) is 106 cm³/mol. The van der Waals surface area contributed by atoms with Gasteiger partial charge in [-0.25, -0.2) is 14.4 Å². The van der Waals surface area contributed by atoms with E-state index in [1.165, 1.54) is 12.1 Å². The van der Waals surface area contributed by atoms with E-state index in [2.05, 4.69) is 21.7 Å². The first-order valence-electron chi connectivity index (χ1n) is 9.19. The summed E-state index contributed by atoms with van der Waals surface area (Å²) in [5.74, 6) is 1.27. The molecule has 0 saturated carbocycles. The summed E-state index contributed by atoms with van der Waals surface area (Å²) < 4.78 is 17.7. The first-order valence-corrected chi connectivity index (χ1v) is 9.19. The number of imidazole rings is 2. The molecule has 0 N–H and O–H groups in total. The van der Waals surface area contributed by atoms with Crippen LogP contribution < -0.4 is 0 Å². The molecule has 0 aliphatic heterocycles. The highest BCUT2D eigenvalue weighted by Gasteiger charge is 2.15. The van der Waals surface area contributed by atoms with Crippen molar-refractivity contribution < 1.29 is 4.39 Å². The highest BCUT2D eigenvalue weighted by Crippen LogP contribution is 2.25. The van der Waals surface area contributed by atoms with E-state index < -0.39 is 6.04 Å². The summed E-state index contributed by atoms with van der Waals surface area (Å²) in [4.78, 5) is 20.0. The Balaban J connectivity index is 1.74. The lowest BCUT2D eigenvalue weighted by Crippen LogP contribution is -2.08. The number of aryl methyl sites for hydroxylation is 1. The number of halogens is 1. The summed E-state index contributed by atoms with van der Waals surface area (Å²) in [6, 6.07) is 11.8. The van der Waals surface area contributed by atoms with Gasteiger partial charge in [0.2, 0.25) is 0 Å². The van der Waals surface area contributed by atoms with E-state index in [1.807, 2.05) is 35.0 Å². The van der Waals surface area contributed by atoms with Crippen molar-refractivity contribution in [2.24, 2.45) is 5.18 Å². The van der Waals surface area contributed by atoms with Crippen LogP contribution in [0.3, 0.4) is 0 Å². The second kappa shape index (κ2) is 7.34. The predicted octanol–water partition coefficient (Wildman–Crippen LogP) is 4.93. The zero-order chi connectivity index (χ0) is 19.7. The van der Waals surface area contributed by atoms with Gasteiger partial charge in [0, 0.05) is 24.5 Å². The molecule has 0 spiro atoms. The van der Waals surface area contributed by atoms with Gasteiger partial charge < -0.3 is 9.13 Å². The Labute approximate surface area is 161 Å². The largest absolute Gasteiger partial charge is 0.327 e. The monoisotopic (exact) mass is 377 g/mol. The van der Waals surface area contributed by atoms with Crippen molar-refractivity contribution in [2.75, 3.05) is 0 Å². The van der Waals surface area contributed by atoms with E-state index in [9.17, 15) is 9.30 Å². The van der Waals surface area contributed by atoms with E-state index in [4.69, 9.17) is 4.98 Å². The minimum Gasteiger partial charge on any atom is -0.327 e. The molecule has 0 saturated heterocycles. The SMILES string of the molecule is CCn1c(Cn2ccnc2-c2cccc(F)c2)nc2cc(C(C)N=O)ccc21. The van der Waals surface area contributed by atoms with Crippen molar-refractivity contribution in [3.05, 3.63) is 77.0 Å². The van der Waals surface area contributed by atoms with Crippen LogP contribution in [0, 0.1) is 10.7 Å². The molecule has 142 valence electrons. The molecule has 0 aliphatic carbocycles. The molecule has 2 heterocycles. The molecule has 0 amide bonds. The lowest BCUT2D eigenvalue weighted by molar-refractivity contribution is 0.627. The minimum atomic E-state index is -0.409. The number of fused-ring (bicyclic) bond motifs is 1. The van der Waals surface area contributed by atoms with E-state index in [0.29, 0.717) is 12.4 Å². The maximum atomic E-state index is 13.6. The Bertz CT molecular complexity index is 1150. The summed E-state index contributed by atoms with van der Waals surface area (Å²) >= 11 is 0. The van der Waals surface area contributed by atoms with Crippen molar-refractivity contribution >= 4 is 11.0 Å². The van der Waals surface area contributed by atoms with Gasteiger partial charge in [-0.2, -0.15) is 4.91 Å². The minimum absolute atomic E-state index is 0.293. The highest BCUT2D eigenvalue weighted by molar-refractivity contribution is 5.77. The van der Waals surface area contributed by atoms with E-state index in [0.717, 1.165) is 34.5 Å². The summed E-state index contributed by atoms with van der Waals surface area (Å²) in [5, 5.41) is 3.10. The number of hydrogen-bond donors (Lipinski definition) is 0. The van der Waals surface area contributed by atoms with Crippen LogP contribution in [0.2, 0.25) is 0 Å². The number of benzene rings is 2. The number of nitrogens with zero attached hydrogens (tertiary/aromatic N) is 5. The van der Waals surface area contributed by atoms with Gasteiger partial charge in [0.05, 0.1) is 17.6 Å². The van der Waals surface area contributed by atoms with E-state index in [1.54, 1.807) is 19.2 Å². The van der Waals surface area contributed by atoms with Gasteiger partial charge in [-0.15, -0.1) is 0 Å². The quantitative estimate of drug-likeness (QED) is 0.447. The highest BCUT2D eigenvalue weighted by atomic mass is 19.1. The lowest BCUT2D eigenvalue weighted by atomic mass is 10.1. The molecule has 4 rings (SSSR count). The van der Waals surface area contributed by atoms with Gasteiger partial charge in [0.15, 0.2) is 0 Å². The second-order valence-corrected chi connectivity index (χ2v) is 6.69. The average molecular weight is 377 g/mol. The van der Waals surface area contributed by atoms with E-state index >= 15 is 0 Å². The van der Waals surface area contributed by atoms with Gasteiger partial charge in [0.25, 0.3) is 0 Å². The van der Waals surface area contributed by atoms with Crippen molar-refractivity contribution in [2.45, 2.75) is 33.0 Å². The Kier molecular flexibility index (Phi) is 4.73. The van der Waals surface area contributed by atoms with Crippen LogP contribution in [-0.2, 0) is 13.1 Å². The van der Waals surface area contributed by atoms with Crippen molar-refractivity contribution in [1.82, 2.24) is 19.1 Å². The standard InChI is InChI=1S/C21H20FN5O/c1-3-27-19-8-7-15(14(2)25-28)12-18(19)24-20(27)13-26-10-9-23-21(26)16-5-4-6-17(22)11-16/h4-12,14H,3,13H2,1-2H3. The van der Waals surface area contributed by atoms with Crippen molar-refractivity contribution in [3.63, 3.8) is 0 Å². The molecule has 4 aromatic rings. The maximum Gasteiger partial charge on any atom is 0.140 e. The third-order valence-corrected chi connectivity index (χ3v) is 4.92. The molecule has 1 atom stereocenters. The molecule has 0 bridgehead atoms. The lowest BCUT2D eigenvalue weighted by Gasteiger charge is -2.10. The van der Waals surface area contributed by atoms with Crippen LogP contribution in [0.4, 0.5) is 4.39 Å². The molecule has 1 unspecified atom stereocenters. The van der Waals surface area contributed by atoms with Crippen LogP contribution in [0.1, 0.15) is 31.3 Å². The van der Waals surface area contributed by atoms with Crippen LogP contribution in [-0.4, -0.2) is 19.1 Å². The van der Waals surface area contributed by atoms with E-state index in [-0.39, 0.29) is 5.82 Å². The molecule has 2 aromatic heterocycles. The van der Waals surface area contributed by atoms with Crippen LogP contribution in [0.15, 0.2) is 60.0 Å². The zero-order valence-corrected chi connectivity index (χ0v) is 15.7. The molecule has 6 nitrogen and oxygen atoms in total. The summed E-state index contributed by atoms with van der Waals surface area (Å²) in [7, 11) is 0. The first-order chi connectivity index (χ1) is 13.6. The number of rotatable bonds is 6. The summed E-state index contributed by atoms with van der Waals surface area (Å²) in [5.41, 5.74) is 3.40. The fourth-order valence-corrected chi connectivity index (χ4v) is 3.47. The molecule has 0 aliphatic rings. The van der Waals surface area contributed by atoms with Crippen molar-refractivity contribution in [1.29, 1.82) is 0 Å². The van der Waals surface area contributed by atoms with Gasteiger partial charge in [0.1, 0.15) is 23.5 Å². The number of hydrogen-bond acceptors (Lipinski definition) is 4. The van der Waals surface area contributed by atoms with Gasteiger partial charge in [-0.3, -0.25) is 0 Å². The topological polar surface area (TPSA) is 65.1 Å². The van der Waals surface area contributed by atoms with Crippen LogP contribution in [0.5, 0.6) is 0 Å². The van der Waals surface area contributed by atoms with Gasteiger partial charge in [-0.1, -0.05) is 23.4 Å². The van der Waals surface area contributed by atoms with Crippen molar-refractivity contribution in [3.8, 4) is 11.4 Å². The number of aromatic nitrogens is 4. The Morgan fingerprint density at radius 3 is 2.82 bits per heavy atom. The maximum absolute atomic E-state index is 13.6. The Hall–Kier alpha value is -3.35. The summed E-state index contributed by atoms with van der Waals surface area (Å²) in [6.45, 7) is 5.10. The van der Waals surface area contributed by atoms with Gasteiger partial charge >= 0.3 is 0 Å². The van der Waals surface area contributed by atoms with Crippen LogP contribution in [0.25, 0.3) is 22.4 Å². The first kappa shape index (κ1) is 18.0. The Morgan fingerprint density at radius 2 is 2.07 bits per heavy atom. The molecule has 0 fully saturated rings. The fourth-order valence-electron chi connectivity index (χ4n) is 3.47. The molecular weight excluding hydrogens is 357 g/mol. The fraction of sp³-hybridized carbons (Fsp3) is 0.238. The molecule has 0 radical (unpaired) electrons. The van der Waals surface area contributed by atoms with Crippen LogP contribution >= 0.6 is 0 Å². The zero-order valence-electron chi connectivity index (χ0n) is 15.7. The molecular formula is C21H20FN5O. The van der Waals surface area contributed by atoms with Gasteiger partial charge in [-0.05, 0) is 43.7 Å². The Morgan fingerprint density at radius 1 is 1.21 bits per heavy atom. The normalized spacial score (nSPS) is 12.4. The third kappa shape index (κ3) is 3.19. The molecule has 7 heteroatoms. The molecule has 28 heavy (non-hydrogen) atoms. The molecule has 2 aromatic carbocycles. The third-order valence-electron chi connectivity index (χ3n) is 4.92. The number of nitroso groups, excluding NO2 is 1. The second-order valence-electron chi connectivity index (χ2n) is 6.69. The smallest absolute Gasteiger partial charge is 0.140 e.